The highest BCUT2D eigenvalue weighted by Crippen LogP contribution is 2.15. The normalized spacial score (nSPS) is 31.9. The van der Waals surface area contributed by atoms with E-state index in [-0.39, 0.29) is 6.10 Å². The van der Waals surface area contributed by atoms with Crippen molar-refractivity contribution < 1.29 is 5.11 Å². The molecule has 0 spiro atoms. The number of aliphatic hydroxyl groups excluding tert-OH is 1. The second-order valence-corrected chi connectivity index (χ2v) is 4.74. The summed E-state index contributed by atoms with van der Waals surface area (Å²) in [5, 5.41) is 12.9. The molecule has 3 heteroatoms. The third-order valence-corrected chi connectivity index (χ3v) is 3.47. The van der Waals surface area contributed by atoms with Crippen LogP contribution in [0.25, 0.3) is 0 Å². The molecule has 0 saturated carbocycles. The van der Waals surface area contributed by atoms with E-state index in [4.69, 9.17) is 0 Å². The van der Waals surface area contributed by atoms with Gasteiger partial charge >= 0.3 is 0 Å². The van der Waals surface area contributed by atoms with Gasteiger partial charge in [-0.3, -0.25) is 0 Å². The van der Waals surface area contributed by atoms with Crippen molar-refractivity contribution in [3.63, 3.8) is 0 Å². The first-order valence-electron chi connectivity index (χ1n) is 5.96. The van der Waals surface area contributed by atoms with Crippen LogP contribution in [0.4, 0.5) is 0 Å². The van der Waals surface area contributed by atoms with Crippen molar-refractivity contribution in [1.82, 2.24) is 10.2 Å². The van der Waals surface area contributed by atoms with Crippen molar-refractivity contribution in [2.45, 2.75) is 31.8 Å². The van der Waals surface area contributed by atoms with E-state index in [1.54, 1.807) is 0 Å². The lowest BCUT2D eigenvalue weighted by molar-refractivity contribution is 0.0723. The quantitative estimate of drug-likeness (QED) is 0.676. The molecule has 3 nitrogen and oxygen atoms in total. The monoisotopic (exact) mass is 198 g/mol. The van der Waals surface area contributed by atoms with Gasteiger partial charge in [-0.2, -0.15) is 0 Å². The summed E-state index contributed by atoms with van der Waals surface area (Å²) < 4.78 is 0. The Bertz CT molecular complexity index is 161. The third-order valence-electron chi connectivity index (χ3n) is 3.47. The van der Waals surface area contributed by atoms with Gasteiger partial charge in [-0.05, 0) is 44.7 Å². The molecule has 82 valence electrons. The van der Waals surface area contributed by atoms with Gasteiger partial charge in [0.25, 0.3) is 0 Å². The van der Waals surface area contributed by atoms with E-state index in [2.05, 4.69) is 10.2 Å². The first-order valence-corrected chi connectivity index (χ1v) is 5.96. The summed E-state index contributed by atoms with van der Waals surface area (Å²) in [4.78, 5) is 2.52. The highest BCUT2D eigenvalue weighted by molar-refractivity contribution is 4.76. The summed E-state index contributed by atoms with van der Waals surface area (Å²) in [6, 6.07) is 0. The second-order valence-electron chi connectivity index (χ2n) is 4.74. The standard InChI is InChI=1S/C11H22N2O/c14-11-3-6-13(7-4-11)9-10-2-1-5-12-8-10/h10-12,14H,1-9H2/t10-/m0/s1. The number of piperidine rings is 2. The first kappa shape index (κ1) is 10.4. The van der Waals surface area contributed by atoms with E-state index in [0.717, 1.165) is 31.8 Å². The lowest BCUT2D eigenvalue weighted by Gasteiger charge is -2.34. The lowest BCUT2D eigenvalue weighted by Crippen LogP contribution is -2.42. The van der Waals surface area contributed by atoms with Gasteiger partial charge in [0.2, 0.25) is 0 Å². The summed E-state index contributed by atoms with van der Waals surface area (Å²) >= 11 is 0. The number of hydrogen-bond acceptors (Lipinski definition) is 3. The van der Waals surface area contributed by atoms with E-state index in [1.807, 2.05) is 0 Å². The molecule has 14 heavy (non-hydrogen) atoms. The maximum atomic E-state index is 9.39. The van der Waals surface area contributed by atoms with Crippen LogP contribution in [0.15, 0.2) is 0 Å². The summed E-state index contributed by atoms with van der Waals surface area (Å²) in [6.45, 7) is 5.82. The van der Waals surface area contributed by atoms with Gasteiger partial charge in [0, 0.05) is 19.6 Å². The minimum atomic E-state index is -0.0317. The van der Waals surface area contributed by atoms with Crippen molar-refractivity contribution in [2.75, 3.05) is 32.7 Å². The number of nitrogens with one attached hydrogen (secondary N) is 1. The molecule has 0 aliphatic carbocycles. The molecule has 0 amide bonds. The van der Waals surface area contributed by atoms with E-state index in [0.29, 0.717) is 0 Å². The van der Waals surface area contributed by atoms with Crippen LogP contribution in [0, 0.1) is 5.92 Å². The second kappa shape index (κ2) is 5.10. The van der Waals surface area contributed by atoms with E-state index in [9.17, 15) is 5.11 Å². The Kier molecular flexibility index (Phi) is 3.79. The number of aliphatic hydroxyl groups is 1. The molecule has 2 N–H and O–H groups in total. The third kappa shape index (κ3) is 2.94. The van der Waals surface area contributed by atoms with Gasteiger partial charge in [0.1, 0.15) is 0 Å². The Labute approximate surface area is 86.5 Å². The molecule has 0 bridgehead atoms. The molecule has 0 aromatic heterocycles. The van der Waals surface area contributed by atoms with Crippen molar-refractivity contribution in [3.8, 4) is 0 Å². The van der Waals surface area contributed by atoms with Crippen LogP contribution in [0.5, 0.6) is 0 Å². The number of likely N-dealkylation sites (tertiary alicyclic amines) is 1. The fourth-order valence-corrected chi connectivity index (χ4v) is 2.55. The van der Waals surface area contributed by atoms with Gasteiger partial charge < -0.3 is 15.3 Å². The summed E-state index contributed by atoms with van der Waals surface area (Å²) in [5.74, 6) is 0.846. The Balaban J connectivity index is 1.68. The zero-order valence-corrected chi connectivity index (χ0v) is 8.91. The average Bonchev–Trinajstić information content (AvgIpc) is 2.23. The predicted molar refractivity (Wildman–Crippen MR) is 57.3 cm³/mol. The number of rotatable bonds is 2. The zero-order chi connectivity index (χ0) is 9.80. The van der Waals surface area contributed by atoms with Crippen LogP contribution in [0.3, 0.4) is 0 Å². The molecule has 0 unspecified atom stereocenters. The molecule has 0 aromatic carbocycles. The first-order chi connectivity index (χ1) is 6.84. The van der Waals surface area contributed by atoms with Crippen molar-refractivity contribution in [2.24, 2.45) is 5.92 Å². The smallest absolute Gasteiger partial charge is 0.0564 e. The molecule has 2 aliphatic heterocycles. The predicted octanol–water partition coefficient (Wildman–Crippen LogP) is 0.443. The van der Waals surface area contributed by atoms with Crippen LogP contribution in [0.1, 0.15) is 25.7 Å². The molecular formula is C11H22N2O. The Morgan fingerprint density at radius 3 is 2.64 bits per heavy atom. The van der Waals surface area contributed by atoms with Crippen molar-refractivity contribution >= 4 is 0 Å². The maximum absolute atomic E-state index is 9.39. The molecule has 2 aliphatic rings. The minimum absolute atomic E-state index is 0.0317. The molecule has 0 radical (unpaired) electrons. The van der Waals surface area contributed by atoms with Gasteiger partial charge in [-0.15, -0.1) is 0 Å². The van der Waals surface area contributed by atoms with Gasteiger partial charge in [-0.1, -0.05) is 0 Å². The van der Waals surface area contributed by atoms with Crippen LogP contribution in [0.2, 0.25) is 0 Å². The largest absolute Gasteiger partial charge is 0.393 e. The topological polar surface area (TPSA) is 35.5 Å². The fourth-order valence-electron chi connectivity index (χ4n) is 2.55. The summed E-state index contributed by atoms with van der Waals surface area (Å²) in [7, 11) is 0. The van der Waals surface area contributed by atoms with Crippen LogP contribution >= 0.6 is 0 Å². The minimum Gasteiger partial charge on any atom is -0.393 e. The van der Waals surface area contributed by atoms with Gasteiger partial charge in [0.05, 0.1) is 6.10 Å². The van der Waals surface area contributed by atoms with Crippen LogP contribution < -0.4 is 5.32 Å². The molecule has 2 saturated heterocycles. The highest BCUT2D eigenvalue weighted by Gasteiger charge is 2.21. The fraction of sp³-hybridized carbons (Fsp3) is 1.00. The average molecular weight is 198 g/mol. The Morgan fingerprint density at radius 1 is 1.21 bits per heavy atom. The van der Waals surface area contributed by atoms with Crippen molar-refractivity contribution in [3.05, 3.63) is 0 Å². The van der Waals surface area contributed by atoms with E-state index < -0.39 is 0 Å². The van der Waals surface area contributed by atoms with E-state index >= 15 is 0 Å². The molecule has 1 atom stereocenters. The Morgan fingerprint density at radius 2 is 2.00 bits per heavy atom. The van der Waals surface area contributed by atoms with E-state index in [1.165, 1.54) is 32.5 Å². The van der Waals surface area contributed by atoms with Gasteiger partial charge in [-0.25, -0.2) is 0 Å². The summed E-state index contributed by atoms with van der Waals surface area (Å²) in [6.07, 6.45) is 4.63. The number of hydrogen-bond donors (Lipinski definition) is 2. The molecular weight excluding hydrogens is 176 g/mol. The number of nitrogens with zero attached hydrogens (tertiary/aromatic N) is 1. The van der Waals surface area contributed by atoms with Crippen LogP contribution in [-0.4, -0.2) is 48.8 Å². The molecule has 0 aromatic rings. The highest BCUT2D eigenvalue weighted by atomic mass is 16.3. The SMILES string of the molecule is OC1CCN(C[C@H]2CCCNC2)CC1. The zero-order valence-electron chi connectivity index (χ0n) is 8.91. The molecule has 2 fully saturated rings. The van der Waals surface area contributed by atoms with Crippen molar-refractivity contribution in [1.29, 1.82) is 0 Å². The summed E-state index contributed by atoms with van der Waals surface area (Å²) in [5.41, 5.74) is 0. The molecule has 2 rings (SSSR count). The van der Waals surface area contributed by atoms with Gasteiger partial charge in [0.15, 0.2) is 0 Å². The molecule has 2 heterocycles. The maximum Gasteiger partial charge on any atom is 0.0564 e. The lowest BCUT2D eigenvalue weighted by atomic mass is 9.97. The van der Waals surface area contributed by atoms with Crippen LogP contribution in [-0.2, 0) is 0 Å². The Hall–Kier alpha value is -0.120.